The second kappa shape index (κ2) is 7.16. The average Bonchev–Trinajstić information content (AvgIpc) is 2.56. The first-order valence-electron chi connectivity index (χ1n) is 7.29. The highest BCUT2D eigenvalue weighted by Gasteiger charge is 2.27. The fourth-order valence-electron chi connectivity index (χ4n) is 2.60. The number of hydrogen-bond acceptors (Lipinski definition) is 3. The largest absolute Gasteiger partial charge is 0.491 e. The molecule has 3 rings (SSSR count). The van der Waals surface area contributed by atoms with E-state index < -0.39 is 0 Å². The van der Waals surface area contributed by atoms with E-state index in [4.69, 9.17) is 14.2 Å². The van der Waals surface area contributed by atoms with Crippen LogP contribution in [-0.4, -0.2) is 45.0 Å². The molecule has 1 aliphatic heterocycles. The molecule has 0 radical (unpaired) electrons. The molecule has 0 atom stereocenters. The molecule has 2 aromatic rings. The molecular weight excluding hydrogens is 284 g/mol. The minimum Gasteiger partial charge on any atom is -0.491 e. The summed E-state index contributed by atoms with van der Waals surface area (Å²) in [6.07, 6.45) is 0. The monoisotopic (exact) mass is 305 g/mol. The average molecular weight is 305 g/mol. The highest BCUT2D eigenvalue weighted by molar-refractivity contribution is 7.97. The lowest BCUT2D eigenvalue weighted by Gasteiger charge is -2.17. The molecule has 1 saturated heterocycles. The number of ether oxygens (including phenoxy) is 3. The van der Waals surface area contributed by atoms with Gasteiger partial charge in [0.15, 0.2) is 4.90 Å². The molecule has 1 fully saturated rings. The Hall–Kier alpha value is -1.23. The van der Waals surface area contributed by atoms with Crippen LogP contribution in [0.25, 0.3) is 10.8 Å². The summed E-state index contributed by atoms with van der Waals surface area (Å²) in [4.78, 5) is 1.45. The van der Waals surface area contributed by atoms with Crippen molar-refractivity contribution in [1.29, 1.82) is 0 Å². The lowest BCUT2D eigenvalue weighted by atomic mass is 10.1. The summed E-state index contributed by atoms with van der Waals surface area (Å²) in [7, 11) is 1.99. The van der Waals surface area contributed by atoms with Crippen LogP contribution in [0.3, 0.4) is 0 Å². The van der Waals surface area contributed by atoms with Crippen LogP contribution in [0.15, 0.2) is 41.3 Å². The molecule has 2 aromatic carbocycles. The molecule has 0 aliphatic carbocycles. The number of benzene rings is 2. The van der Waals surface area contributed by atoms with E-state index in [0.717, 1.165) is 30.5 Å². The van der Waals surface area contributed by atoms with Gasteiger partial charge in [-0.15, -0.1) is 0 Å². The summed E-state index contributed by atoms with van der Waals surface area (Å²) in [5, 5.41) is 2.52. The van der Waals surface area contributed by atoms with E-state index in [-0.39, 0.29) is 0 Å². The molecule has 0 aromatic heterocycles. The second-order valence-electron chi connectivity index (χ2n) is 4.96. The Morgan fingerprint density at radius 3 is 2.52 bits per heavy atom. The van der Waals surface area contributed by atoms with Gasteiger partial charge in [-0.2, -0.15) is 0 Å². The van der Waals surface area contributed by atoms with Gasteiger partial charge in [0.05, 0.1) is 19.8 Å². The third-order valence-corrected chi connectivity index (χ3v) is 5.95. The Labute approximate surface area is 128 Å². The van der Waals surface area contributed by atoms with E-state index >= 15 is 0 Å². The van der Waals surface area contributed by atoms with Crippen LogP contribution >= 0.6 is 0 Å². The fraction of sp³-hybridized carbons (Fsp3) is 0.412. The molecule has 21 heavy (non-hydrogen) atoms. The maximum absolute atomic E-state index is 5.86. The van der Waals surface area contributed by atoms with Crippen molar-refractivity contribution >= 4 is 21.7 Å². The van der Waals surface area contributed by atoms with Crippen molar-refractivity contribution in [2.24, 2.45) is 0 Å². The zero-order valence-electron chi connectivity index (χ0n) is 12.3. The molecule has 0 saturated carbocycles. The van der Waals surface area contributed by atoms with Gasteiger partial charge in [-0.05, 0) is 18.2 Å². The Bertz CT molecular complexity index is 594. The van der Waals surface area contributed by atoms with Crippen molar-refractivity contribution in [2.75, 3.05) is 45.0 Å². The third-order valence-electron chi connectivity index (χ3n) is 3.65. The van der Waals surface area contributed by atoms with Crippen LogP contribution in [0.4, 0.5) is 0 Å². The zero-order valence-corrected chi connectivity index (χ0v) is 13.2. The zero-order chi connectivity index (χ0) is 14.5. The van der Waals surface area contributed by atoms with Gasteiger partial charge < -0.3 is 14.2 Å². The molecule has 0 bridgehead atoms. The summed E-state index contributed by atoms with van der Waals surface area (Å²) in [5.74, 6) is 3.21. The van der Waals surface area contributed by atoms with E-state index in [1.165, 1.54) is 15.7 Å². The first-order chi connectivity index (χ1) is 10.4. The van der Waals surface area contributed by atoms with Crippen LogP contribution in [0.5, 0.6) is 5.75 Å². The number of methoxy groups -OCH3 is 1. The third kappa shape index (κ3) is 3.34. The Kier molecular flexibility index (Phi) is 5.01. The minimum atomic E-state index is 0.297. The lowest BCUT2D eigenvalue weighted by molar-refractivity contribution is 0.147. The Morgan fingerprint density at radius 1 is 1.00 bits per heavy atom. The molecule has 3 nitrogen and oxygen atoms in total. The fourth-order valence-corrected chi connectivity index (χ4v) is 4.63. The SMILES string of the molecule is COCCOc1ccc([S+]2CCOCC2)c2ccccc12. The van der Waals surface area contributed by atoms with Crippen molar-refractivity contribution in [3.63, 3.8) is 0 Å². The van der Waals surface area contributed by atoms with Crippen molar-refractivity contribution < 1.29 is 14.2 Å². The Balaban J connectivity index is 1.93. The highest BCUT2D eigenvalue weighted by Crippen LogP contribution is 2.32. The van der Waals surface area contributed by atoms with Gasteiger partial charge in [-0.3, -0.25) is 0 Å². The number of fused-ring (bicyclic) bond motifs is 1. The van der Waals surface area contributed by atoms with E-state index in [1.54, 1.807) is 7.11 Å². The van der Waals surface area contributed by atoms with Crippen molar-refractivity contribution in [3.05, 3.63) is 36.4 Å². The summed E-state index contributed by atoms with van der Waals surface area (Å²) < 4.78 is 16.4. The van der Waals surface area contributed by atoms with Crippen LogP contribution < -0.4 is 4.74 Å². The van der Waals surface area contributed by atoms with Crippen LogP contribution in [0, 0.1) is 0 Å². The van der Waals surface area contributed by atoms with Crippen LogP contribution in [-0.2, 0) is 20.4 Å². The first-order valence-corrected chi connectivity index (χ1v) is 8.85. The molecule has 1 aliphatic rings. The number of hydrogen-bond donors (Lipinski definition) is 0. The molecule has 112 valence electrons. The predicted octanol–water partition coefficient (Wildman–Crippen LogP) is 2.87. The topological polar surface area (TPSA) is 27.7 Å². The normalized spacial score (nSPS) is 16.2. The van der Waals surface area contributed by atoms with Gasteiger partial charge in [0.1, 0.15) is 23.9 Å². The van der Waals surface area contributed by atoms with E-state index in [2.05, 4.69) is 36.4 Å². The summed E-state index contributed by atoms with van der Waals surface area (Å²) in [6, 6.07) is 12.9. The van der Waals surface area contributed by atoms with E-state index in [9.17, 15) is 0 Å². The smallest absolute Gasteiger partial charge is 0.163 e. The molecular formula is C17H21O3S+. The summed E-state index contributed by atoms with van der Waals surface area (Å²) in [5.41, 5.74) is 0. The van der Waals surface area contributed by atoms with Gasteiger partial charge in [-0.1, -0.05) is 18.2 Å². The highest BCUT2D eigenvalue weighted by atomic mass is 32.2. The maximum Gasteiger partial charge on any atom is 0.163 e. The van der Waals surface area contributed by atoms with E-state index in [0.29, 0.717) is 24.1 Å². The predicted molar refractivity (Wildman–Crippen MR) is 87.5 cm³/mol. The first kappa shape index (κ1) is 14.7. The van der Waals surface area contributed by atoms with Crippen molar-refractivity contribution in [1.82, 2.24) is 0 Å². The molecule has 0 unspecified atom stereocenters. The molecule has 0 N–H and O–H groups in total. The standard InChI is InChI=1S/C17H21O3S/c1-18-8-9-20-16-6-7-17(21-12-10-19-11-13-21)15-5-3-2-4-14(15)16/h2-7H,8-13H2,1H3/q+1. The quantitative estimate of drug-likeness (QED) is 0.628. The summed E-state index contributed by atoms with van der Waals surface area (Å²) >= 11 is 0. The van der Waals surface area contributed by atoms with Gasteiger partial charge in [0.25, 0.3) is 0 Å². The second-order valence-corrected chi connectivity index (χ2v) is 7.20. The Morgan fingerprint density at radius 2 is 1.76 bits per heavy atom. The minimum absolute atomic E-state index is 0.297. The number of rotatable bonds is 5. The lowest BCUT2D eigenvalue weighted by Crippen LogP contribution is -2.26. The molecule has 0 amide bonds. The molecule has 4 heteroatoms. The van der Waals surface area contributed by atoms with Gasteiger partial charge in [-0.25, -0.2) is 0 Å². The van der Waals surface area contributed by atoms with Crippen molar-refractivity contribution in [3.8, 4) is 5.75 Å². The van der Waals surface area contributed by atoms with E-state index in [1.807, 2.05) is 0 Å². The summed E-state index contributed by atoms with van der Waals surface area (Å²) in [6.45, 7) is 2.95. The molecule has 0 spiro atoms. The van der Waals surface area contributed by atoms with Gasteiger partial charge >= 0.3 is 0 Å². The van der Waals surface area contributed by atoms with Gasteiger partial charge in [0, 0.05) is 28.8 Å². The van der Waals surface area contributed by atoms with Crippen molar-refractivity contribution in [2.45, 2.75) is 4.90 Å². The van der Waals surface area contributed by atoms with Crippen LogP contribution in [0.2, 0.25) is 0 Å². The van der Waals surface area contributed by atoms with Gasteiger partial charge in [0.2, 0.25) is 0 Å². The molecule has 1 heterocycles. The van der Waals surface area contributed by atoms with Crippen LogP contribution in [0.1, 0.15) is 0 Å². The maximum atomic E-state index is 5.86.